The van der Waals surface area contributed by atoms with Crippen LogP contribution in [0.4, 0.5) is 5.82 Å². The molecule has 2 rings (SSSR count). The van der Waals surface area contributed by atoms with Crippen molar-refractivity contribution >= 4 is 29.2 Å². The molecule has 21 heavy (non-hydrogen) atoms. The third kappa shape index (κ3) is 4.08. The fourth-order valence-corrected chi connectivity index (χ4v) is 2.67. The minimum absolute atomic E-state index is 0.278. The third-order valence-electron chi connectivity index (χ3n) is 2.88. The Balaban J connectivity index is 2.38. The third-order valence-corrected chi connectivity index (χ3v) is 4.15. The fraction of sp³-hybridized carbons (Fsp3) is 0.400. The molecule has 0 unspecified atom stereocenters. The summed E-state index contributed by atoms with van der Waals surface area (Å²) in [6.45, 7) is 9.11. The van der Waals surface area contributed by atoms with Crippen molar-refractivity contribution < 1.29 is 0 Å². The van der Waals surface area contributed by atoms with E-state index in [2.05, 4.69) is 41.0 Å². The molecule has 1 N–H and O–H groups in total. The van der Waals surface area contributed by atoms with Gasteiger partial charge in [0.15, 0.2) is 0 Å². The summed E-state index contributed by atoms with van der Waals surface area (Å²) in [6.07, 6.45) is 1.65. The predicted octanol–water partition coefficient (Wildman–Crippen LogP) is 4.54. The highest BCUT2D eigenvalue weighted by Crippen LogP contribution is 2.31. The molecular weight excluding hydrogens is 304 g/mol. The highest BCUT2D eigenvalue weighted by atomic mass is 35.5. The van der Waals surface area contributed by atoms with Crippen LogP contribution in [0.3, 0.4) is 0 Å². The monoisotopic (exact) mass is 322 g/mol. The van der Waals surface area contributed by atoms with Crippen LogP contribution in [-0.2, 0) is 0 Å². The summed E-state index contributed by atoms with van der Waals surface area (Å²) < 4.78 is 0. The van der Waals surface area contributed by atoms with Crippen LogP contribution in [0.2, 0.25) is 5.02 Å². The molecule has 0 aliphatic carbocycles. The van der Waals surface area contributed by atoms with Crippen LogP contribution >= 0.6 is 23.4 Å². The van der Waals surface area contributed by atoms with E-state index in [4.69, 9.17) is 11.6 Å². The van der Waals surface area contributed by atoms with Gasteiger partial charge in [-0.25, -0.2) is 15.0 Å². The maximum atomic E-state index is 5.87. The zero-order chi connectivity index (χ0) is 15.4. The number of aromatic nitrogens is 3. The Kier molecular flexibility index (Phi) is 5.42. The largest absolute Gasteiger partial charge is 0.370 e. The van der Waals surface area contributed by atoms with E-state index in [1.165, 1.54) is 11.8 Å². The Morgan fingerprint density at radius 2 is 2.05 bits per heavy atom. The first-order valence-electron chi connectivity index (χ1n) is 6.93. The molecule has 0 aliphatic rings. The van der Waals surface area contributed by atoms with E-state index in [0.717, 1.165) is 33.8 Å². The highest BCUT2D eigenvalue weighted by molar-refractivity contribution is 7.99. The van der Waals surface area contributed by atoms with Gasteiger partial charge in [-0.1, -0.05) is 25.4 Å². The fourth-order valence-electron chi connectivity index (χ4n) is 1.73. The van der Waals surface area contributed by atoms with Crippen molar-refractivity contribution in [3.63, 3.8) is 0 Å². The lowest BCUT2D eigenvalue weighted by atomic mass is 10.2. The molecule has 0 amide bonds. The molecule has 0 radical (unpaired) electrons. The van der Waals surface area contributed by atoms with Gasteiger partial charge in [0.25, 0.3) is 0 Å². The van der Waals surface area contributed by atoms with Crippen LogP contribution in [0.25, 0.3) is 0 Å². The Labute approximate surface area is 134 Å². The van der Waals surface area contributed by atoms with Gasteiger partial charge in [-0.3, -0.25) is 0 Å². The molecule has 0 saturated heterocycles. The van der Waals surface area contributed by atoms with E-state index < -0.39 is 0 Å². The van der Waals surface area contributed by atoms with Gasteiger partial charge in [-0.05, 0) is 37.7 Å². The molecular formula is C15H19ClN4S. The molecule has 4 nitrogen and oxygen atoms in total. The minimum atomic E-state index is 0.278. The summed E-state index contributed by atoms with van der Waals surface area (Å²) in [4.78, 5) is 13.6. The van der Waals surface area contributed by atoms with E-state index >= 15 is 0 Å². The lowest BCUT2D eigenvalue weighted by molar-refractivity contribution is 0.748. The molecule has 0 bridgehead atoms. The van der Waals surface area contributed by atoms with Gasteiger partial charge in [-0.2, -0.15) is 0 Å². The van der Waals surface area contributed by atoms with E-state index in [9.17, 15) is 0 Å². The van der Waals surface area contributed by atoms with Crippen molar-refractivity contribution in [2.24, 2.45) is 0 Å². The molecule has 0 spiro atoms. The van der Waals surface area contributed by atoms with Crippen LogP contribution in [0.5, 0.6) is 0 Å². The normalized spacial score (nSPS) is 11.0. The lowest BCUT2D eigenvalue weighted by Crippen LogP contribution is -2.08. The van der Waals surface area contributed by atoms with Gasteiger partial charge in [0.2, 0.25) is 0 Å². The second-order valence-electron chi connectivity index (χ2n) is 4.96. The van der Waals surface area contributed by atoms with Gasteiger partial charge < -0.3 is 5.32 Å². The topological polar surface area (TPSA) is 50.7 Å². The molecule has 0 fully saturated rings. The molecule has 0 atom stereocenters. The van der Waals surface area contributed by atoms with Crippen molar-refractivity contribution in [1.29, 1.82) is 0 Å². The van der Waals surface area contributed by atoms with Gasteiger partial charge in [0, 0.05) is 24.2 Å². The summed E-state index contributed by atoms with van der Waals surface area (Å²) in [7, 11) is 0. The zero-order valence-electron chi connectivity index (χ0n) is 12.6. The number of nitrogens with one attached hydrogen (secondary N) is 1. The van der Waals surface area contributed by atoms with Gasteiger partial charge in [0.05, 0.1) is 5.02 Å². The second-order valence-corrected chi connectivity index (χ2v) is 6.41. The summed E-state index contributed by atoms with van der Waals surface area (Å²) in [5, 5.41) is 5.74. The number of hydrogen-bond donors (Lipinski definition) is 1. The minimum Gasteiger partial charge on any atom is -0.370 e. The van der Waals surface area contributed by atoms with Crippen LogP contribution < -0.4 is 5.32 Å². The first-order valence-corrected chi connectivity index (χ1v) is 8.12. The number of pyridine rings is 1. The summed E-state index contributed by atoms with van der Waals surface area (Å²) >= 11 is 7.41. The van der Waals surface area contributed by atoms with Crippen molar-refractivity contribution in [2.45, 2.75) is 43.7 Å². The highest BCUT2D eigenvalue weighted by Gasteiger charge is 2.14. The van der Waals surface area contributed by atoms with Crippen molar-refractivity contribution in [3.8, 4) is 0 Å². The molecule has 2 heterocycles. The molecule has 0 aromatic carbocycles. The van der Waals surface area contributed by atoms with E-state index in [0.29, 0.717) is 5.02 Å². The lowest BCUT2D eigenvalue weighted by Gasteiger charge is -2.14. The first-order chi connectivity index (χ1) is 10.0. The maximum Gasteiger partial charge on any atom is 0.134 e. The summed E-state index contributed by atoms with van der Waals surface area (Å²) in [6, 6.07) is 3.73. The summed E-state index contributed by atoms with van der Waals surface area (Å²) in [5.41, 5.74) is 1.04. The average Bonchev–Trinajstić information content (AvgIpc) is 2.45. The van der Waals surface area contributed by atoms with E-state index in [1.807, 2.05) is 19.1 Å². The first kappa shape index (κ1) is 16.0. The molecule has 6 heteroatoms. The van der Waals surface area contributed by atoms with Gasteiger partial charge in [0.1, 0.15) is 21.7 Å². The molecule has 0 aliphatic heterocycles. The van der Waals surface area contributed by atoms with Gasteiger partial charge >= 0.3 is 0 Å². The van der Waals surface area contributed by atoms with Crippen LogP contribution in [0.1, 0.15) is 38.1 Å². The molecule has 0 saturated carbocycles. The Morgan fingerprint density at radius 3 is 2.62 bits per heavy atom. The summed E-state index contributed by atoms with van der Waals surface area (Å²) in [5.74, 6) is 2.02. The number of halogens is 1. The smallest absolute Gasteiger partial charge is 0.134 e. The average molecular weight is 323 g/mol. The predicted molar refractivity (Wildman–Crippen MR) is 88.4 cm³/mol. The Morgan fingerprint density at radius 1 is 1.29 bits per heavy atom. The number of rotatable bonds is 5. The van der Waals surface area contributed by atoms with Crippen molar-refractivity contribution in [2.75, 3.05) is 11.9 Å². The Hall–Kier alpha value is -1.33. The van der Waals surface area contributed by atoms with Crippen molar-refractivity contribution in [1.82, 2.24) is 15.0 Å². The van der Waals surface area contributed by atoms with Gasteiger partial charge in [-0.15, -0.1) is 0 Å². The quantitative estimate of drug-likeness (QED) is 0.819. The number of anilines is 1. The molecule has 112 valence electrons. The van der Waals surface area contributed by atoms with E-state index in [1.54, 1.807) is 6.20 Å². The maximum absolute atomic E-state index is 5.87. The SMILES string of the molecule is CCNc1nc(C(C)C)nc(Sc2ccc(Cl)cn2)c1C. The molecule has 2 aromatic heterocycles. The zero-order valence-corrected chi connectivity index (χ0v) is 14.2. The van der Waals surface area contributed by atoms with E-state index in [-0.39, 0.29) is 5.92 Å². The van der Waals surface area contributed by atoms with Crippen LogP contribution in [0.15, 0.2) is 28.4 Å². The Bertz CT molecular complexity index is 614. The van der Waals surface area contributed by atoms with Crippen LogP contribution in [-0.4, -0.2) is 21.5 Å². The molecule has 2 aromatic rings. The number of hydrogen-bond acceptors (Lipinski definition) is 5. The van der Waals surface area contributed by atoms with Crippen molar-refractivity contribution in [3.05, 3.63) is 34.7 Å². The standard InChI is InChI=1S/C15H19ClN4S/c1-5-17-14-10(4)15(20-13(19-14)9(2)3)21-12-7-6-11(16)8-18-12/h6-9H,5H2,1-4H3,(H,17,19,20). The second kappa shape index (κ2) is 7.09. The number of nitrogens with zero attached hydrogens (tertiary/aromatic N) is 3. The van der Waals surface area contributed by atoms with Crippen LogP contribution in [0, 0.1) is 6.92 Å².